The smallest absolute Gasteiger partial charge is 0.350 e. The minimum Gasteiger partial charge on any atom is -0.350 e. The van der Waals surface area contributed by atoms with Crippen molar-refractivity contribution < 1.29 is 18.0 Å². The van der Waals surface area contributed by atoms with E-state index in [0.29, 0.717) is 6.54 Å². The number of amides is 1. The maximum absolute atomic E-state index is 12.4. The van der Waals surface area contributed by atoms with E-state index in [1.165, 1.54) is 12.1 Å². The average Bonchev–Trinajstić information content (AvgIpc) is 2.45. The zero-order valence-electron chi connectivity index (χ0n) is 12.5. The highest BCUT2D eigenvalue weighted by atomic mass is 19.4. The largest absolute Gasteiger partial charge is 0.416 e. The Kier molecular flexibility index (Phi) is 6.20. The van der Waals surface area contributed by atoms with E-state index in [1.54, 1.807) is 0 Å². The van der Waals surface area contributed by atoms with Crippen molar-refractivity contribution in [2.75, 3.05) is 19.6 Å². The maximum Gasteiger partial charge on any atom is 0.416 e. The van der Waals surface area contributed by atoms with Gasteiger partial charge in [-0.25, -0.2) is 0 Å². The van der Waals surface area contributed by atoms with Gasteiger partial charge in [-0.1, -0.05) is 13.8 Å². The first kappa shape index (κ1) is 17.5. The van der Waals surface area contributed by atoms with Crippen molar-refractivity contribution in [2.24, 2.45) is 0 Å². The maximum atomic E-state index is 12.4. The summed E-state index contributed by atoms with van der Waals surface area (Å²) in [5, 5.41) is 2.74. The molecule has 0 heterocycles. The van der Waals surface area contributed by atoms with Crippen molar-refractivity contribution in [3.05, 3.63) is 35.4 Å². The standard InChI is InChI=1S/C15H21F3N2O/c1-4-20(5-2)11(3)10-19-14(21)12-6-8-13(9-7-12)15(16,17)18/h6-9,11H,4-5,10H2,1-3H3,(H,19,21). The number of nitrogens with zero attached hydrogens (tertiary/aromatic N) is 1. The lowest BCUT2D eigenvalue weighted by molar-refractivity contribution is -0.137. The number of alkyl halides is 3. The van der Waals surface area contributed by atoms with Crippen LogP contribution in [0.1, 0.15) is 36.7 Å². The Balaban J connectivity index is 2.60. The quantitative estimate of drug-likeness (QED) is 0.875. The van der Waals surface area contributed by atoms with Gasteiger partial charge in [0.1, 0.15) is 0 Å². The summed E-state index contributed by atoms with van der Waals surface area (Å²) in [7, 11) is 0. The number of hydrogen-bond acceptors (Lipinski definition) is 2. The van der Waals surface area contributed by atoms with E-state index in [1.807, 2.05) is 20.8 Å². The molecule has 0 radical (unpaired) electrons. The third-order valence-corrected chi connectivity index (χ3v) is 3.47. The molecule has 0 aliphatic carbocycles. The molecule has 1 aromatic rings. The van der Waals surface area contributed by atoms with E-state index in [4.69, 9.17) is 0 Å². The van der Waals surface area contributed by atoms with Crippen molar-refractivity contribution in [2.45, 2.75) is 33.0 Å². The summed E-state index contributed by atoms with van der Waals surface area (Å²) in [6, 6.07) is 4.41. The average molecular weight is 302 g/mol. The lowest BCUT2D eigenvalue weighted by Gasteiger charge is -2.26. The fourth-order valence-electron chi connectivity index (χ4n) is 2.13. The van der Waals surface area contributed by atoms with Gasteiger partial charge < -0.3 is 5.32 Å². The fraction of sp³-hybridized carbons (Fsp3) is 0.533. The van der Waals surface area contributed by atoms with Crippen LogP contribution in [0.3, 0.4) is 0 Å². The molecule has 0 bridgehead atoms. The normalized spacial score (nSPS) is 13.3. The molecule has 1 atom stereocenters. The molecule has 1 N–H and O–H groups in total. The minimum atomic E-state index is -4.38. The number of carbonyl (C=O) groups is 1. The topological polar surface area (TPSA) is 32.3 Å². The van der Waals surface area contributed by atoms with Crippen molar-refractivity contribution in [3.8, 4) is 0 Å². The van der Waals surface area contributed by atoms with Crippen LogP contribution in [0, 0.1) is 0 Å². The van der Waals surface area contributed by atoms with Crippen LogP contribution in [0.2, 0.25) is 0 Å². The Morgan fingerprint density at radius 2 is 1.71 bits per heavy atom. The molecule has 0 spiro atoms. The first-order valence-corrected chi connectivity index (χ1v) is 6.99. The number of nitrogens with one attached hydrogen (secondary N) is 1. The van der Waals surface area contributed by atoms with Crippen molar-refractivity contribution in [3.63, 3.8) is 0 Å². The zero-order valence-corrected chi connectivity index (χ0v) is 12.5. The van der Waals surface area contributed by atoms with Gasteiger partial charge in [0.2, 0.25) is 0 Å². The predicted octanol–water partition coefficient (Wildman–Crippen LogP) is 3.17. The van der Waals surface area contributed by atoms with Crippen LogP contribution in [-0.4, -0.2) is 36.5 Å². The summed E-state index contributed by atoms with van der Waals surface area (Å²) >= 11 is 0. The van der Waals surface area contributed by atoms with Crippen LogP contribution in [0.25, 0.3) is 0 Å². The van der Waals surface area contributed by atoms with Crippen LogP contribution >= 0.6 is 0 Å². The van der Waals surface area contributed by atoms with Gasteiger partial charge in [-0.05, 0) is 44.3 Å². The molecule has 118 valence electrons. The van der Waals surface area contributed by atoms with Crippen molar-refractivity contribution in [1.82, 2.24) is 10.2 Å². The first-order chi connectivity index (χ1) is 9.79. The zero-order chi connectivity index (χ0) is 16.0. The van der Waals surface area contributed by atoms with Gasteiger partial charge in [-0.15, -0.1) is 0 Å². The second kappa shape index (κ2) is 7.45. The van der Waals surface area contributed by atoms with Gasteiger partial charge in [0.05, 0.1) is 5.56 Å². The van der Waals surface area contributed by atoms with Crippen LogP contribution < -0.4 is 5.32 Å². The number of rotatable bonds is 6. The summed E-state index contributed by atoms with van der Waals surface area (Å²) in [6.45, 7) is 8.30. The van der Waals surface area contributed by atoms with E-state index in [-0.39, 0.29) is 17.5 Å². The monoisotopic (exact) mass is 302 g/mol. The van der Waals surface area contributed by atoms with Crippen LogP contribution in [0.4, 0.5) is 13.2 Å². The summed E-state index contributed by atoms with van der Waals surface area (Å²) in [4.78, 5) is 14.1. The number of hydrogen-bond donors (Lipinski definition) is 1. The number of halogens is 3. The molecule has 0 aliphatic rings. The molecule has 21 heavy (non-hydrogen) atoms. The number of carbonyl (C=O) groups excluding carboxylic acids is 1. The van der Waals surface area contributed by atoms with Crippen LogP contribution in [0.15, 0.2) is 24.3 Å². The lowest BCUT2D eigenvalue weighted by Crippen LogP contribution is -2.42. The molecule has 6 heteroatoms. The molecular weight excluding hydrogens is 281 g/mol. The number of benzene rings is 1. The van der Waals surface area contributed by atoms with Gasteiger partial charge in [0, 0.05) is 18.2 Å². The van der Waals surface area contributed by atoms with E-state index in [9.17, 15) is 18.0 Å². The van der Waals surface area contributed by atoms with Gasteiger partial charge in [0.15, 0.2) is 0 Å². The van der Waals surface area contributed by atoms with Gasteiger partial charge in [-0.2, -0.15) is 13.2 Å². The summed E-state index contributed by atoms with van der Waals surface area (Å²) < 4.78 is 37.3. The molecule has 1 amide bonds. The molecule has 0 aromatic heterocycles. The van der Waals surface area contributed by atoms with E-state index in [2.05, 4.69) is 10.2 Å². The van der Waals surface area contributed by atoms with E-state index < -0.39 is 11.7 Å². The SMILES string of the molecule is CCN(CC)C(C)CNC(=O)c1ccc(C(F)(F)F)cc1. The number of likely N-dealkylation sites (N-methyl/N-ethyl adjacent to an activating group) is 1. The van der Waals surface area contributed by atoms with Gasteiger partial charge in [0.25, 0.3) is 5.91 Å². The van der Waals surface area contributed by atoms with Crippen molar-refractivity contribution >= 4 is 5.91 Å². The summed E-state index contributed by atoms with van der Waals surface area (Å²) in [6.07, 6.45) is -4.38. The van der Waals surface area contributed by atoms with Crippen LogP contribution in [0.5, 0.6) is 0 Å². The Hall–Kier alpha value is -1.56. The second-order valence-corrected chi connectivity index (χ2v) is 4.86. The third-order valence-electron chi connectivity index (χ3n) is 3.47. The summed E-state index contributed by atoms with van der Waals surface area (Å²) in [5.74, 6) is -0.359. The Morgan fingerprint density at radius 1 is 1.19 bits per heavy atom. The molecule has 0 fully saturated rings. The minimum absolute atomic E-state index is 0.179. The van der Waals surface area contributed by atoms with Gasteiger partial charge >= 0.3 is 6.18 Å². The summed E-state index contributed by atoms with van der Waals surface area (Å²) in [5.41, 5.74) is -0.523. The Bertz CT molecular complexity index is 453. The molecule has 0 aliphatic heterocycles. The highest BCUT2D eigenvalue weighted by Crippen LogP contribution is 2.29. The highest BCUT2D eigenvalue weighted by molar-refractivity contribution is 5.94. The molecule has 1 unspecified atom stereocenters. The molecule has 1 aromatic carbocycles. The predicted molar refractivity (Wildman–Crippen MR) is 76.2 cm³/mol. The highest BCUT2D eigenvalue weighted by Gasteiger charge is 2.30. The fourth-order valence-corrected chi connectivity index (χ4v) is 2.13. The first-order valence-electron chi connectivity index (χ1n) is 6.99. The molecule has 0 saturated carbocycles. The van der Waals surface area contributed by atoms with E-state index >= 15 is 0 Å². The molecular formula is C15H21F3N2O. The third kappa shape index (κ3) is 5.04. The Morgan fingerprint density at radius 3 is 2.14 bits per heavy atom. The molecule has 3 nitrogen and oxygen atoms in total. The Labute approximate surface area is 123 Å². The van der Waals surface area contributed by atoms with E-state index in [0.717, 1.165) is 25.2 Å². The van der Waals surface area contributed by atoms with Gasteiger partial charge in [-0.3, -0.25) is 9.69 Å². The van der Waals surface area contributed by atoms with Crippen molar-refractivity contribution in [1.29, 1.82) is 0 Å². The van der Waals surface area contributed by atoms with Crippen LogP contribution in [-0.2, 0) is 6.18 Å². The lowest BCUT2D eigenvalue weighted by atomic mass is 10.1. The molecule has 1 rings (SSSR count). The second-order valence-electron chi connectivity index (χ2n) is 4.86. The molecule has 0 saturated heterocycles.